The van der Waals surface area contributed by atoms with Crippen molar-refractivity contribution in [2.45, 2.75) is 19.3 Å². The third kappa shape index (κ3) is 2.08. The highest BCUT2D eigenvalue weighted by Gasteiger charge is 2.19. The highest BCUT2D eigenvalue weighted by Crippen LogP contribution is 2.22. The molecule has 1 N–H and O–H groups in total. The first kappa shape index (κ1) is 7.80. The van der Waals surface area contributed by atoms with Crippen LogP contribution in [-0.4, -0.2) is 10.9 Å². The van der Waals surface area contributed by atoms with Gasteiger partial charge in [-0.05, 0) is 5.92 Å². The van der Waals surface area contributed by atoms with Crippen LogP contribution in [0.15, 0.2) is 11.8 Å². The summed E-state index contributed by atoms with van der Waals surface area (Å²) in [5.41, 5.74) is 0. The molecule has 0 radical (unpaired) electrons. The lowest BCUT2D eigenvalue weighted by atomic mass is 9.90. The van der Waals surface area contributed by atoms with Gasteiger partial charge in [0.15, 0.2) is 5.78 Å². The Morgan fingerprint density at radius 3 is 3.00 bits per heavy atom. The Hall–Kier alpha value is -1.30. The second-order valence-electron chi connectivity index (χ2n) is 2.74. The van der Waals surface area contributed by atoms with Gasteiger partial charge in [-0.25, -0.2) is 0 Å². The van der Waals surface area contributed by atoms with Gasteiger partial charge in [0.05, 0.1) is 11.8 Å². The average Bonchev–Trinajstić information content (AvgIpc) is 1.85. The maximum absolute atomic E-state index is 10.8. The van der Waals surface area contributed by atoms with Gasteiger partial charge in [0.1, 0.15) is 0 Å². The Bertz CT molecular complexity index is 237. The molecule has 1 rings (SSSR count). The van der Waals surface area contributed by atoms with Gasteiger partial charge in [-0.15, -0.1) is 0 Å². The number of carbonyl (C=O) groups is 1. The number of allylic oxidation sites excluding steroid dienone is 2. The summed E-state index contributed by atoms with van der Waals surface area (Å²) < 4.78 is 0. The minimum absolute atomic E-state index is 0.0255. The summed E-state index contributed by atoms with van der Waals surface area (Å²) in [6.07, 6.45) is 2.47. The topological polar surface area (TPSA) is 61.1 Å². The van der Waals surface area contributed by atoms with E-state index in [1.54, 1.807) is 0 Å². The molecule has 0 spiro atoms. The second kappa shape index (κ2) is 3.20. The molecular formula is C8H9NO2. The van der Waals surface area contributed by atoms with E-state index in [4.69, 9.17) is 10.4 Å². The van der Waals surface area contributed by atoms with Crippen molar-refractivity contribution in [2.24, 2.45) is 5.92 Å². The summed E-state index contributed by atoms with van der Waals surface area (Å²) in [6, 6.07) is 1.99. The molecule has 0 aromatic carbocycles. The molecule has 0 aromatic heterocycles. The minimum Gasteiger partial charge on any atom is -0.512 e. The lowest BCUT2D eigenvalue weighted by Gasteiger charge is -2.15. The molecule has 1 atom stereocenters. The van der Waals surface area contributed by atoms with Crippen LogP contribution in [0.2, 0.25) is 0 Å². The summed E-state index contributed by atoms with van der Waals surface area (Å²) in [7, 11) is 0. The van der Waals surface area contributed by atoms with E-state index in [1.807, 2.05) is 6.07 Å². The molecule has 1 unspecified atom stereocenters. The zero-order valence-corrected chi connectivity index (χ0v) is 6.08. The number of nitriles is 1. The maximum atomic E-state index is 10.8. The van der Waals surface area contributed by atoms with Gasteiger partial charge in [0, 0.05) is 25.3 Å². The molecule has 0 aromatic rings. The molecular weight excluding hydrogens is 142 g/mol. The summed E-state index contributed by atoms with van der Waals surface area (Å²) >= 11 is 0. The number of hydrogen-bond acceptors (Lipinski definition) is 3. The first-order chi connectivity index (χ1) is 5.22. The van der Waals surface area contributed by atoms with Crippen molar-refractivity contribution in [1.29, 1.82) is 5.26 Å². The van der Waals surface area contributed by atoms with E-state index in [-0.39, 0.29) is 17.5 Å². The van der Waals surface area contributed by atoms with Gasteiger partial charge in [-0.2, -0.15) is 5.26 Å². The van der Waals surface area contributed by atoms with Crippen molar-refractivity contribution in [3.63, 3.8) is 0 Å². The van der Waals surface area contributed by atoms with Crippen molar-refractivity contribution < 1.29 is 9.90 Å². The standard InChI is InChI=1S/C8H9NO2/c9-2-1-6-3-7(10)5-8(11)4-6/h5-6,10H,1,3-4H2. The predicted octanol–water partition coefficient (Wildman–Crippen LogP) is 1.32. The molecule has 11 heavy (non-hydrogen) atoms. The lowest BCUT2D eigenvalue weighted by molar-refractivity contribution is -0.116. The van der Waals surface area contributed by atoms with Gasteiger partial charge >= 0.3 is 0 Å². The zero-order chi connectivity index (χ0) is 8.27. The first-order valence-electron chi connectivity index (χ1n) is 3.51. The monoisotopic (exact) mass is 151 g/mol. The molecule has 0 aliphatic heterocycles. The zero-order valence-electron chi connectivity index (χ0n) is 6.08. The van der Waals surface area contributed by atoms with Crippen LogP contribution in [0.1, 0.15) is 19.3 Å². The minimum atomic E-state index is -0.0750. The number of nitrogens with zero attached hydrogens (tertiary/aromatic N) is 1. The van der Waals surface area contributed by atoms with Crippen LogP contribution >= 0.6 is 0 Å². The maximum Gasteiger partial charge on any atom is 0.159 e. The van der Waals surface area contributed by atoms with E-state index < -0.39 is 0 Å². The SMILES string of the molecule is N#CCC1CC(=O)C=C(O)C1. The number of aliphatic hydroxyl groups is 1. The van der Waals surface area contributed by atoms with Crippen LogP contribution in [0.5, 0.6) is 0 Å². The molecule has 3 heteroatoms. The Labute approximate surface area is 64.9 Å². The smallest absolute Gasteiger partial charge is 0.159 e. The van der Waals surface area contributed by atoms with E-state index in [2.05, 4.69) is 0 Å². The summed E-state index contributed by atoms with van der Waals surface area (Å²) in [5, 5.41) is 17.3. The predicted molar refractivity (Wildman–Crippen MR) is 38.7 cm³/mol. The molecule has 0 saturated heterocycles. The molecule has 1 aliphatic rings. The van der Waals surface area contributed by atoms with Crippen LogP contribution in [0.25, 0.3) is 0 Å². The number of carbonyl (C=O) groups excluding carboxylic acids is 1. The number of ketones is 1. The molecule has 0 saturated carbocycles. The van der Waals surface area contributed by atoms with Crippen LogP contribution in [-0.2, 0) is 4.79 Å². The van der Waals surface area contributed by atoms with Crippen LogP contribution in [0, 0.1) is 17.2 Å². The fourth-order valence-corrected chi connectivity index (χ4v) is 1.23. The quantitative estimate of drug-likeness (QED) is 0.614. The fourth-order valence-electron chi connectivity index (χ4n) is 1.23. The summed E-state index contributed by atoms with van der Waals surface area (Å²) in [5.74, 6) is 0.0630. The van der Waals surface area contributed by atoms with Gasteiger partial charge < -0.3 is 5.11 Å². The van der Waals surface area contributed by atoms with Crippen LogP contribution in [0.3, 0.4) is 0 Å². The lowest BCUT2D eigenvalue weighted by Crippen LogP contribution is -2.13. The molecule has 0 bridgehead atoms. The molecule has 1 aliphatic carbocycles. The second-order valence-corrected chi connectivity index (χ2v) is 2.74. The highest BCUT2D eigenvalue weighted by molar-refractivity contribution is 5.91. The molecule has 3 nitrogen and oxygen atoms in total. The van der Waals surface area contributed by atoms with Crippen molar-refractivity contribution in [3.8, 4) is 6.07 Å². The van der Waals surface area contributed by atoms with E-state index in [1.165, 1.54) is 6.08 Å². The third-order valence-electron chi connectivity index (χ3n) is 1.70. The molecule has 0 fully saturated rings. The first-order valence-corrected chi connectivity index (χ1v) is 3.51. The van der Waals surface area contributed by atoms with E-state index >= 15 is 0 Å². The largest absolute Gasteiger partial charge is 0.512 e. The molecule has 0 heterocycles. The van der Waals surface area contributed by atoms with E-state index in [0.29, 0.717) is 19.3 Å². The summed E-state index contributed by atoms with van der Waals surface area (Å²) in [4.78, 5) is 10.8. The molecule has 0 amide bonds. The van der Waals surface area contributed by atoms with E-state index in [9.17, 15) is 4.79 Å². The highest BCUT2D eigenvalue weighted by atomic mass is 16.3. The fraction of sp³-hybridized carbons (Fsp3) is 0.500. The van der Waals surface area contributed by atoms with Gasteiger partial charge in [0.25, 0.3) is 0 Å². The Kier molecular flexibility index (Phi) is 2.27. The van der Waals surface area contributed by atoms with Gasteiger partial charge in [-0.3, -0.25) is 4.79 Å². The summed E-state index contributed by atoms with van der Waals surface area (Å²) in [6.45, 7) is 0. The number of rotatable bonds is 1. The Morgan fingerprint density at radius 1 is 1.73 bits per heavy atom. The van der Waals surface area contributed by atoms with Crippen molar-refractivity contribution in [2.75, 3.05) is 0 Å². The number of hydrogen-bond donors (Lipinski definition) is 1. The van der Waals surface area contributed by atoms with Crippen LogP contribution in [0.4, 0.5) is 0 Å². The molecule has 58 valence electrons. The average molecular weight is 151 g/mol. The van der Waals surface area contributed by atoms with Gasteiger partial charge in [0.2, 0.25) is 0 Å². The van der Waals surface area contributed by atoms with Crippen molar-refractivity contribution >= 4 is 5.78 Å². The normalized spacial score (nSPS) is 24.1. The Morgan fingerprint density at radius 2 is 2.45 bits per heavy atom. The van der Waals surface area contributed by atoms with E-state index in [0.717, 1.165) is 0 Å². The third-order valence-corrected chi connectivity index (χ3v) is 1.70. The Balaban J connectivity index is 2.58. The van der Waals surface area contributed by atoms with Gasteiger partial charge in [-0.1, -0.05) is 0 Å². The number of aliphatic hydroxyl groups excluding tert-OH is 1. The van der Waals surface area contributed by atoms with Crippen molar-refractivity contribution in [1.82, 2.24) is 0 Å². The van der Waals surface area contributed by atoms with Crippen molar-refractivity contribution in [3.05, 3.63) is 11.8 Å². The van der Waals surface area contributed by atoms with Crippen LogP contribution < -0.4 is 0 Å².